The molecule has 2 aliphatic rings. The standard InChI is InChI=1S/C15H17N3O3/c1-9-14(20)16-12-5-3-4-6-13(12)18(9)15(21)11-7-17(8-11)10(2)19/h3-6,9,11H,7-8H2,1-2H3,(H,16,20). The van der Waals surface area contributed by atoms with Gasteiger partial charge in [-0.15, -0.1) is 0 Å². The fourth-order valence-electron chi connectivity index (χ4n) is 2.75. The second-order valence-electron chi connectivity index (χ2n) is 5.51. The first-order valence-electron chi connectivity index (χ1n) is 6.97. The van der Waals surface area contributed by atoms with Crippen LogP contribution < -0.4 is 10.2 Å². The van der Waals surface area contributed by atoms with Crippen LogP contribution in [0.4, 0.5) is 11.4 Å². The summed E-state index contributed by atoms with van der Waals surface area (Å²) in [6.45, 7) is 4.07. The summed E-state index contributed by atoms with van der Waals surface area (Å²) in [5.74, 6) is -0.536. The molecule has 21 heavy (non-hydrogen) atoms. The lowest BCUT2D eigenvalue weighted by Crippen LogP contribution is -2.59. The van der Waals surface area contributed by atoms with E-state index in [0.717, 1.165) is 5.69 Å². The lowest BCUT2D eigenvalue weighted by molar-refractivity contribution is -0.141. The number of hydrogen-bond acceptors (Lipinski definition) is 3. The highest BCUT2D eigenvalue weighted by Gasteiger charge is 2.41. The van der Waals surface area contributed by atoms with Gasteiger partial charge in [0.05, 0.1) is 17.3 Å². The minimum atomic E-state index is -0.543. The minimum absolute atomic E-state index is 0.0242. The maximum atomic E-state index is 12.7. The Morgan fingerprint density at radius 1 is 1.24 bits per heavy atom. The topological polar surface area (TPSA) is 69.7 Å². The second-order valence-corrected chi connectivity index (χ2v) is 5.51. The SMILES string of the molecule is CC(=O)N1CC(C(=O)N2c3ccccc3NC(=O)C2C)C1. The Kier molecular flexibility index (Phi) is 3.16. The largest absolute Gasteiger partial charge is 0.341 e. The first-order valence-corrected chi connectivity index (χ1v) is 6.97. The summed E-state index contributed by atoms with van der Waals surface area (Å²) >= 11 is 0. The van der Waals surface area contributed by atoms with E-state index in [9.17, 15) is 14.4 Å². The number of nitrogens with one attached hydrogen (secondary N) is 1. The Labute approximate surface area is 122 Å². The van der Waals surface area contributed by atoms with Crippen LogP contribution in [0.2, 0.25) is 0 Å². The van der Waals surface area contributed by atoms with Crippen molar-refractivity contribution in [3.8, 4) is 0 Å². The third kappa shape index (κ3) is 2.16. The van der Waals surface area contributed by atoms with Gasteiger partial charge in [0.15, 0.2) is 0 Å². The Bertz CT molecular complexity index is 622. The van der Waals surface area contributed by atoms with Crippen molar-refractivity contribution in [2.75, 3.05) is 23.3 Å². The van der Waals surface area contributed by atoms with Gasteiger partial charge in [-0.05, 0) is 19.1 Å². The lowest BCUT2D eigenvalue weighted by atomic mass is 9.96. The molecule has 1 N–H and O–H groups in total. The minimum Gasteiger partial charge on any atom is -0.341 e. The molecular formula is C15H17N3O3. The summed E-state index contributed by atoms with van der Waals surface area (Å²) in [5, 5.41) is 2.80. The molecule has 6 nitrogen and oxygen atoms in total. The zero-order chi connectivity index (χ0) is 15.1. The summed E-state index contributed by atoms with van der Waals surface area (Å²) < 4.78 is 0. The molecule has 3 amide bonds. The molecule has 0 aliphatic carbocycles. The Hall–Kier alpha value is -2.37. The van der Waals surface area contributed by atoms with E-state index in [0.29, 0.717) is 18.8 Å². The molecule has 110 valence electrons. The van der Waals surface area contributed by atoms with Crippen molar-refractivity contribution in [1.82, 2.24) is 4.90 Å². The molecule has 0 saturated carbocycles. The molecule has 3 rings (SSSR count). The predicted molar refractivity (Wildman–Crippen MR) is 77.8 cm³/mol. The van der Waals surface area contributed by atoms with Gasteiger partial charge in [-0.25, -0.2) is 0 Å². The average molecular weight is 287 g/mol. The molecule has 0 aromatic heterocycles. The molecule has 2 aliphatic heterocycles. The lowest BCUT2D eigenvalue weighted by Gasteiger charge is -2.43. The monoisotopic (exact) mass is 287 g/mol. The number of para-hydroxylation sites is 2. The van der Waals surface area contributed by atoms with Crippen molar-refractivity contribution < 1.29 is 14.4 Å². The zero-order valence-corrected chi connectivity index (χ0v) is 12.0. The number of carbonyl (C=O) groups excluding carboxylic acids is 3. The van der Waals surface area contributed by atoms with E-state index in [1.54, 1.807) is 22.8 Å². The summed E-state index contributed by atoms with van der Waals surface area (Å²) in [5.41, 5.74) is 1.37. The number of rotatable bonds is 1. The van der Waals surface area contributed by atoms with Crippen LogP contribution in [0.5, 0.6) is 0 Å². The molecule has 0 bridgehead atoms. The van der Waals surface area contributed by atoms with Gasteiger partial charge in [-0.1, -0.05) is 12.1 Å². The number of amides is 3. The maximum Gasteiger partial charge on any atom is 0.247 e. The highest BCUT2D eigenvalue weighted by molar-refractivity contribution is 6.12. The second kappa shape index (κ2) is 4.87. The third-order valence-electron chi connectivity index (χ3n) is 4.10. The van der Waals surface area contributed by atoms with Crippen molar-refractivity contribution in [2.24, 2.45) is 5.92 Å². The van der Waals surface area contributed by atoms with Crippen LogP contribution in [-0.4, -0.2) is 41.8 Å². The van der Waals surface area contributed by atoms with E-state index in [4.69, 9.17) is 0 Å². The van der Waals surface area contributed by atoms with Gasteiger partial charge < -0.3 is 10.2 Å². The first-order chi connectivity index (χ1) is 9.99. The molecule has 1 atom stereocenters. The number of hydrogen-bond donors (Lipinski definition) is 1. The molecule has 1 aromatic rings. The molecule has 1 fully saturated rings. The quantitative estimate of drug-likeness (QED) is 0.832. The molecule has 0 radical (unpaired) electrons. The number of fused-ring (bicyclic) bond motifs is 1. The van der Waals surface area contributed by atoms with E-state index in [-0.39, 0.29) is 23.6 Å². The van der Waals surface area contributed by atoms with Crippen LogP contribution in [0.3, 0.4) is 0 Å². The summed E-state index contributed by atoms with van der Waals surface area (Å²) in [7, 11) is 0. The van der Waals surface area contributed by atoms with E-state index >= 15 is 0 Å². The van der Waals surface area contributed by atoms with E-state index in [1.807, 2.05) is 18.2 Å². The number of nitrogens with zero attached hydrogens (tertiary/aromatic N) is 2. The number of carbonyl (C=O) groups is 3. The van der Waals surface area contributed by atoms with Crippen molar-refractivity contribution in [2.45, 2.75) is 19.9 Å². The first kappa shape index (κ1) is 13.6. The van der Waals surface area contributed by atoms with Gasteiger partial charge in [0.2, 0.25) is 17.7 Å². The fraction of sp³-hybridized carbons (Fsp3) is 0.400. The van der Waals surface area contributed by atoms with E-state index in [2.05, 4.69) is 5.32 Å². The van der Waals surface area contributed by atoms with Crippen LogP contribution >= 0.6 is 0 Å². The van der Waals surface area contributed by atoms with Crippen LogP contribution in [-0.2, 0) is 14.4 Å². The van der Waals surface area contributed by atoms with Crippen molar-refractivity contribution in [3.63, 3.8) is 0 Å². The smallest absolute Gasteiger partial charge is 0.247 e. The molecule has 0 spiro atoms. The van der Waals surface area contributed by atoms with Crippen LogP contribution in [0, 0.1) is 5.92 Å². The van der Waals surface area contributed by atoms with Crippen LogP contribution in [0.1, 0.15) is 13.8 Å². The molecule has 2 heterocycles. The van der Waals surface area contributed by atoms with Gasteiger partial charge >= 0.3 is 0 Å². The van der Waals surface area contributed by atoms with Gasteiger partial charge in [0.1, 0.15) is 6.04 Å². The number of anilines is 2. The predicted octanol–water partition coefficient (Wildman–Crippen LogP) is 0.838. The Morgan fingerprint density at radius 2 is 1.90 bits per heavy atom. The van der Waals surface area contributed by atoms with E-state index in [1.165, 1.54) is 6.92 Å². The van der Waals surface area contributed by atoms with Gasteiger partial charge in [0.25, 0.3) is 0 Å². The maximum absolute atomic E-state index is 12.7. The Balaban J connectivity index is 1.85. The third-order valence-corrected chi connectivity index (χ3v) is 4.10. The highest BCUT2D eigenvalue weighted by atomic mass is 16.2. The summed E-state index contributed by atoms with van der Waals surface area (Å²) in [6, 6.07) is 6.72. The van der Waals surface area contributed by atoms with Gasteiger partial charge in [-0.3, -0.25) is 19.3 Å². The molecule has 1 saturated heterocycles. The zero-order valence-electron chi connectivity index (χ0n) is 12.0. The molecule has 1 unspecified atom stereocenters. The Morgan fingerprint density at radius 3 is 2.57 bits per heavy atom. The number of likely N-dealkylation sites (tertiary alicyclic amines) is 1. The summed E-state index contributed by atoms with van der Waals surface area (Å²) in [4.78, 5) is 39.1. The van der Waals surface area contributed by atoms with E-state index < -0.39 is 6.04 Å². The summed E-state index contributed by atoms with van der Waals surface area (Å²) in [6.07, 6.45) is 0. The number of benzene rings is 1. The molecule has 6 heteroatoms. The highest BCUT2D eigenvalue weighted by Crippen LogP contribution is 2.34. The fourth-order valence-corrected chi connectivity index (χ4v) is 2.75. The van der Waals surface area contributed by atoms with Crippen LogP contribution in [0.15, 0.2) is 24.3 Å². The van der Waals surface area contributed by atoms with Crippen molar-refractivity contribution in [1.29, 1.82) is 0 Å². The van der Waals surface area contributed by atoms with Gasteiger partial charge in [0, 0.05) is 20.0 Å². The van der Waals surface area contributed by atoms with Crippen molar-refractivity contribution in [3.05, 3.63) is 24.3 Å². The average Bonchev–Trinajstić information content (AvgIpc) is 2.37. The molecule has 1 aromatic carbocycles. The van der Waals surface area contributed by atoms with Crippen molar-refractivity contribution >= 4 is 29.1 Å². The van der Waals surface area contributed by atoms with Gasteiger partial charge in [-0.2, -0.15) is 0 Å². The molecular weight excluding hydrogens is 270 g/mol. The van der Waals surface area contributed by atoms with Crippen LogP contribution in [0.25, 0.3) is 0 Å². The normalized spacial score (nSPS) is 21.4.